The van der Waals surface area contributed by atoms with E-state index < -0.39 is 12.5 Å². The van der Waals surface area contributed by atoms with Crippen LogP contribution in [0.5, 0.6) is 0 Å². The molecule has 1 aromatic heterocycles. The van der Waals surface area contributed by atoms with Crippen molar-refractivity contribution in [1.82, 2.24) is 4.98 Å². The van der Waals surface area contributed by atoms with Crippen molar-refractivity contribution >= 4 is 11.3 Å². The number of aryl methyl sites for hydroxylation is 1. The molecule has 0 aromatic carbocycles. The second kappa shape index (κ2) is 3.45. The summed E-state index contributed by atoms with van der Waals surface area (Å²) in [5, 5.41) is 0.804. The van der Waals surface area contributed by atoms with E-state index in [9.17, 15) is 8.78 Å². The molecule has 0 saturated carbocycles. The second-order valence-corrected chi connectivity index (χ2v) is 3.90. The lowest BCUT2D eigenvalue weighted by atomic mass is 10.2. The number of nitrogens with two attached hydrogens (primary N) is 1. The van der Waals surface area contributed by atoms with Gasteiger partial charge in [0.15, 0.2) is 0 Å². The van der Waals surface area contributed by atoms with Crippen molar-refractivity contribution < 1.29 is 8.78 Å². The quantitative estimate of drug-likeness (QED) is 0.789. The van der Waals surface area contributed by atoms with Gasteiger partial charge in [-0.2, -0.15) is 0 Å². The summed E-state index contributed by atoms with van der Waals surface area (Å²) in [6.45, 7) is 1.18. The van der Waals surface area contributed by atoms with Crippen LogP contribution in [0.25, 0.3) is 0 Å². The van der Waals surface area contributed by atoms with Gasteiger partial charge in [-0.25, -0.2) is 13.8 Å². The molecule has 0 unspecified atom stereocenters. The van der Waals surface area contributed by atoms with Gasteiger partial charge in [-0.05, 0) is 6.92 Å². The van der Waals surface area contributed by atoms with Crippen molar-refractivity contribution in [2.24, 2.45) is 5.73 Å². The summed E-state index contributed by atoms with van der Waals surface area (Å²) in [6, 6.07) is 0. The molecule has 1 rings (SSSR count). The molecular weight excluding hydrogens is 182 g/mol. The molecule has 0 saturated heterocycles. The van der Waals surface area contributed by atoms with Gasteiger partial charge in [-0.15, -0.1) is 11.3 Å². The lowest BCUT2D eigenvalue weighted by molar-refractivity contribution is 0.0122. The fraction of sp³-hybridized carbons (Fsp3) is 0.571. The Morgan fingerprint density at radius 1 is 1.67 bits per heavy atom. The minimum atomic E-state index is -2.79. The van der Waals surface area contributed by atoms with E-state index in [1.807, 2.05) is 0 Å². The van der Waals surface area contributed by atoms with Gasteiger partial charge in [0.05, 0.1) is 11.6 Å². The molecule has 0 fully saturated rings. The largest absolute Gasteiger partial charge is 0.325 e. The van der Waals surface area contributed by atoms with Crippen molar-refractivity contribution in [3.05, 3.63) is 16.1 Å². The molecule has 0 spiro atoms. The summed E-state index contributed by atoms with van der Waals surface area (Å²) >= 11 is 1.28. The zero-order valence-electron chi connectivity index (χ0n) is 6.68. The van der Waals surface area contributed by atoms with Gasteiger partial charge < -0.3 is 5.73 Å². The Morgan fingerprint density at radius 2 is 2.33 bits per heavy atom. The van der Waals surface area contributed by atoms with Crippen LogP contribution in [-0.4, -0.2) is 17.5 Å². The van der Waals surface area contributed by atoms with Gasteiger partial charge >= 0.3 is 0 Å². The Hall–Kier alpha value is -0.550. The fourth-order valence-electron chi connectivity index (χ4n) is 0.814. The van der Waals surface area contributed by atoms with Crippen LogP contribution in [0, 0.1) is 6.92 Å². The number of alkyl halides is 2. The summed E-state index contributed by atoms with van der Waals surface area (Å²) in [5.74, 6) is -2.79. The highest BCUT2D eigenvalue weighted by molar-refractivity contribution is 7.11. The molecule has 2 nitrogen and oxygen atoms in total. The smallest absolute Gasteiger partial charge is 0.264 e. The molecule has 2 N–H and O–H groups in total. The van der Waals surface area contributed by atoms with Gasteiger partial charge in [-0.3, -0.25) is 0 Å². The molecule has 0 radical (unpaired) electrons. The molecule has 0 aliphatic heterocycles. The van der Waals surface area contributed by atoms with Crippen LogP contribution in [0.4, 0.5) is 8.78 Å². The third-order valence-corrected chi connectivity index (χ3v) is 2.31. The van der Waals surface area contributed by atoms with E-state index in [1.54, 1.807) is 6.92 Å². The van der Waals surface area contributed by atoms with Crippen molar-refractivity contribution in [2.75, 3.05) is 6.54 Å². The number of hydrogen-bond acceptors (Lipinski definition) is 3. The molecule has 68 valence electrons. The van der Waals surface area contributed by atoms with Crippen LogP contribution in [0.2, 0.25) is 0 Å². The first kappa shape index (κ1) is 9.54. The van der Waals surface area contributed by atoms with E-state index >= 15 is 0 Å². The normalized spacial score (nSPS) is 12.0. The van der Waals surface area contributed by atoms with Crippen LogP contribution in [0.1, 0.15) is 9.88 Å². The standard InChI is InChI=1S/C7H10F2N2S/c1-5-11-3-6(12-5)2-7(8,9)4-10/h3H,2,4,10H2,1H3. The molecular formula is C7H10F2N2S. The topological polar surface area (TPSA) is 38.9 Å². The fourth-order valence-corrected chi connectivity index (χ4v) is 1.69. The minimum absolute atomic E-state index is 0.297. The predicted octanol–water partition coefficient (Wildman–Crippen LogP) is 1.59. The number of halogens is 2. The number of rotatable bonds is 3. The average Bonchev–Trinajstić information content (AvgIpc) is 2.35. The predicted molar refractivity (Wildman–Crippen MR) is 44.6 cm³/mol. The Bertz CT molecular complexity index is 260. The van der Waals surface area contributed by atoms with Crippen LogP contribution in [0.15, 0.2) is 6.20 Å². The van der Waals surface area contributed by atoms with Crippen LogP contribution in [-0.2, 0) is 6.42 Å². The third-order valence-electron chi connectivity index (χ3n) is 1.40. The number of nitrogens with zero attached hydrogens (tertiary/aromatic N) is 1. The molecule has 1 heterocycles. The Morgan fingerprint density at radius 3 is 2.75 bits per heavy atom. The molecule has 0 atom stereocenters. The monoisotopic (exact) mass is 192 g/mol. The molecule has 0 amide bonds. The number of hydrogen-bond donors (Lipinski definition) is 1. The summed E-state index contributed by atoms with van der Waals surface area (Å²) in [6.07, 6.45) is 1.18. The van der Waals surface area contributed by atoms with E-state index in [1.165, 1.54) is 17.5 Å². The SMILES string of the molecule is Cc1ncc(CC(F)(F)CN)s1. The van der Waals surface area contributed by atoms with Gasteiger partial charge in [0.1, 0.15) is 0 Å². The van der Waals surface area contributed by atoms with E-state index in [4.69, 9.17) is 5.73 Å². The molecule has 1 aromatic rings. The van der Waals surface area contributed by atoms with Crippen molar-refractivity contribution in [3.8, 4) is 0 Å². The highest BCUT2D eigenvalue weighted by atomic mass is 32.1. The maximum absolute atomic E-state index is 12.7. The van der Waals surface area contributed by atoms with Crippen LogP contribution < -0.4 is 5.73 Å². The molecule has 0 aliphatic rings. The minimum Gasteiger partial charge on any atom is -0.325 e. The lowest BCUT2D eigenvalue weighted by Crippen LogP contribution is -2.29. The number of aromatic nitrogens is 1. The summed E-state index contributed by atoms with van der Waals surface area (Å²) in [4.78, 5) is 4.47. The Balaban J connectivity index is 2.63. The average molecular weight is 192 g/mol. The molecule has 0 aliphatic carbocycles. The summed E-state index contributed by atoms with van der Waals surface area (Å²) < 4.78 is 25.4. The van der Waals surface area contributed by atoms with Crippen molar-refractivity contribution in [2.45, 2.75) is 19.3 Å². The van der Waals surface area contributed by atoms with Crippen molar-refractivity contribution in [3.63, 3.8) is 0 Å². The number of thiazole rings is 1. The van der Waals surface area contributed by atoms with Crippen molar-refractivity contribution in [1.29, 1.82) is 0 Å². The first-order valence-electron chi connectivity index (χ1n) is 3.53. The zero-order chi connectivity index (χ0) is 9.19. The molecule has 0 bridgehead atoms. The van der Waals surface area contributed by atoms with E-state index in [0.717, 1.165) is 5.01 Å². The van der Waals surface area contributed by atoms with Gasteiger partial charge in [-0.1, -0.05) is 0 Å². The maximum atomic E-state index is 12.7. The first-order valence-corrected chi connectivity index (χ1v) is 4.34. The second-order valence-electron chi connectivity index (χ2n) is 2.58. The van der Waals surface area contributed by atoms with Crippen LogP contribution in [0.3, 0.4) is 0 Å². The van der Waals surface area contributed by atoms with Gasteiger partial charge in [0.2, 0.25) is 0 Å². The van der Waals surface area contributed by atoms with E-state index in [2.05, 4.69) is 4.98 Å². The lowest BCUT2D eigenvalue weighted by Gasteiger charge is -2.10. The highest BCUT2D eigenvalue weighted by Crippen LogP contribution is 2.22. The van der Waals surface area contributed by atoms with E-state index in [-0.39, 0.29) is 6.42 Å². The zero-order valence-corrected chi connectivity index (χ0v) is 7.50. The highest BCUT2D eigenvalue weighted by Gasteiger charge is 2.27. The first-order chi connectivity index (χ1) is 5.53. The molecule has 5 heteroatoms. The van der Waals surface area contributed by atoms with Gasteiger partial charge in [0.25, 0.3) is 5.92 Å². The summed E-state index contributed by atoms with van der Waals surface area (Å²) in [7, 11) is 0. The third kappa shape index (κ3) is 2.49. The molecule has 12 heavy (non-hydrogen) atoms. The Kier molecular flexibility index (Phi) is 2.74. The van der Waals surface area contributed by atoms with Crippen LogP contribution >= 0.6 is 11.3 Å². The van der Waals surface area contributed by atoms with Gasteiger partial charge in [0, 0.05) is 17.5 Å². The van der Waals surface area contributed by atoms with E-state index in [0.29, 0.717) is 4.88 Å². The Labute approximate surface area is 73.4 Å². The summed E-state index contributed by atoms with van der Waals surface area (Å²) in [5.41, 5.74) is 4.90. The maximum Gasteiger partial charge on any atom is 0.264 e.